The Bertz CT molecular complexity index is 896. The van der Waals surface area contributed by atoms with Crippen LogP contribution in [0.1, 0.15) is 31.2 Å². The smallest absolute Gasteiger partial charge is 0.165 e. The summed E-state index contributed by atoms with van der Waals surface area (Å²) >= 11 is 0. The standard InChI is InChI=1S/C18H24N6O2/c1-4-5-6-24-14(23-16-17(20)21-10-22-18(16)24)9-11-7-12(25-2)15(19)13(8-11)26-3/h7-8,10H,4-6,9,19H2,1-3H3,(H2,20,21,22). The van der Waals surface area contributed by atoms with Gasteiger partial charge < -0.3 is 25.5 Å². The van der Waals surface area contributed by atoms with Crippen molar-refractivity contribution in [1.29, 1.82) is 0 Å². The van der Waals surface area contributed by atoms with Crippen molar-refractivity contribution in [2.45, 2.75) is 32.7 Å². The van der Waals surface area contributed by atoms with E-state index in [2.05, 4.69) is 21.5 Å². The quantitative estimate of drug-likeness (QED) is 0.625. The average molecular weight is 356 g/mol. The van der Waals surface area contributed by atoms with E-state index in [1.807, 2.05) is 12.1 Å². The van der Waals surface area contributed by atoms with Crippen LogP contribution in [0.2, 0.25) is 0 Å². The molecule has 26 heavy (non-hydrogen) atoms. The van der Waals surface area contributed by atoms with Gasteiger partial charge in [-0.15, -0.1) is 0 Å². The molecule has 0 aliphatic heterocycles. The highest BCUT2D eigenvalue weighted by molar-refractivity contribution is 5.81. The van der Waals surface area contributed by atoms with Gasteiger partial charge in [-0.25, -0.2) is 15.0 Å². The Morgan fingerprint density at radius 1 is 1.08 bits per heavy atom. The Kier molecular flexibility index (Phi) is 5.11. The number of benzene rings is 1. The third-order valence-electron chi connectivity index (χ3n) is 4.34. The van der Waals surface area contributed by atoms with E-state index in [-0.39, 0.29) is 0 Å². The van der Waals surface area contributed by atoms with Crippen molar-refractivity contribution in [3.63, 3.8) is 0 Å². The number of unbranched alkanes of at least 4 members (excludes halogenated alkanes) is 1. The Balaban J connectivity index is 2.07. The predicted octanol–water partition coefficient (Wildman–Crippen LogP) is 2.40. The zero-order valence-electron chi connectivity index (χ0n) is 15.3. The number of ether oxygens (including phenoxy) is 2. The Labute approximate surface area is 152 Å². The molecule has 0 aliphatic rings. The highest BCUT2D eigenvalue weighted by atomic mass is 16.5. The molecule has 0 amide bonds. The molecule has 138 valence electrons. The van der Waals surface area contributed by atoms with Crippen LogP contribution in [0.15, 0.2) is 18.5 Å². The SMILES string of the molecule is CCCCn1c(Cc2cc(OC)c(N)c(OC)c2)nc2c(N)ncnc21. The lowest BCUT2D eigenvalue weighted by atomic mass is 10.1. The van der Waals surface area contributed by atoms with Crippen molar-refractivity contribution in [1.82, 2.24) is 19.5 Å². The summed E-state index contributed by atoms with van der Waals surface area (Å²) < 4.78 is 12.8. The number of anilines is 2. The van der Waals surface area contributed by atoms with Gasteiger partial charge in [0, 0.05) is 13.0 Å². The van der Waals surface area contributed by atoms with Gasteiger partial charge in [0.15, 0.2) is 17.0 Å². The van der Waals surface area contributed by atoms with Gasteiger partial charge in [0.2, 0.25) is 0 Å². The fourth-order valence-electron chi connectivity index (χ4n) is 2.96. The summed E-state index contributed by atoms with van der Waals surface area (Å²) in [5.74, 6) is 2.42. The first-order valence-electron chi connectivity index (χ1n) is 8.55. The summed E-state index contributed by atoms with van der Waals surface area (Å²) in [6, 6.07) is 3.80. The fourth-order valence-corrected chi connectivity index (χ4v) is 2.96. The molecule has 0 atom stereocenters. The van der Waals surface area contributed by atoms with Gasteiger partial charge in [-0.1, -0.05) is 13.3 Å². The van der Waals surface area contributed by atoms with Crippen LogP contribution in [-0.4, -0.2) is 33.7 Å². The molecule has 0 bridgehead atoms. The summed E-state index contributed by atoms with van der Waals surface area (Å²) in [5.41, 5.74) is 14.9. The number of hydrogen-bond acceptors (Lipinski definition) is 7. The third-order valence-corrected chi connectivity index (χ3v) is 4.34. The van der Waals surface area contributed by atoms with Gasteiger partial charge in [0.05, 0.1) is 14.2 Å². The minimum atomic E-state index is 0.388. The lowest BCUT2D eigenvalue weighted by molar-refractivity contribution is 0.397. The molecular weight excluding hydrogens is 332 g/mol. The van der Waals surface area contributed by atoms with Crippen molar-refractivity contribution in [2.75, 3.05) is 25.7 Å². The molecule has 0 saturated carbocycles. The molecule has 8 heteroatoms. The first kappa shape index (κ1) is 17.8. The molecule has 0 aliphatic carbocycles. The molecule has 3 rings (SSSR count). The normalized spacial score (nSPS) is 11.0. The molecule has 4 N–H and O–H groups in total. The molecule has 0 radical (unpaired) electrons. The van der Waals surface area contributed by atoms with E-state index in [0.29, 0.717) is 34.9 Å². The van der Waals surface area contributed by atoms with Crippen LogP contribution < -0.4 is 20.9 Å². The van der Waals surface area contributed by atoms with E-state index in [1.165, 1.54) is 6.33 Å². The molecule has 2 aromatic heterocycles. The molecule has 0 fully saturated rings. The summed E-state index contributed by atoms with van der Waals surface area (Å²) in [7, 11) is 3.17. The molecule has 0 spiro atoms. The van der Waals surface area contributed by atoms with Crippen molar-refractivity contribution in [3.05, 3.63) is 29.8 Å². The van der Waals surface area contributed by atoms with E-state index >= 15 is 0 Å². The fraction of sp³-hybridized carbons (Fsp3) is 0.389. The summed E-state index contributed by atoms with van der Waals surface area (Å²) in [4.78, 5) is 13.1. The Hall–Kier alpha value is -3.03. The second-order valence-corrected chi connectivity index (χ2v) is 6.06. The van der Waals surface area contributed by atoms with Crippen LogP contribution in [0.25, 0.3) is 11.2 Å². The molecule has 3 aromatic rings. The number of nitrogens with zero attached hydrogens (tertiary/aromatic N) is 4. The van der Waals surface area contributed by atoms with Gasteiger partial charge in [-0.3, -0.25) is 0 Å². The third kappa shape index (κ3) is 3.22. The molecule has 1 aromatic carbocycles. The van der Waals surface area contributed by atoms with Crippen LogP contribution >= 0.6 is 0 Å². The second-order valence-electron chi connectivity index (χ2n) is 6.06. The lowest BCUT2D eigenvalue weighted by Gasteiger charge is -2.13. The number of fused-ring (bicyclic) bond motifs is 1. The zero-order valence-corrected chi connectivity index (χ0v) is 15.3. The zero-order chi connectivity index (χ0) is 18.7. The number of nitrogens with two attached hydrogens (primary N) is 2. The van der Waals surface area contributed by atoms with Crippen molar-refractivity contribution < 1.29 is 9.47 Å². The minimum Gasteiger partial charge on any atom is -0.494 e. The predicted molar refractivity (Wildman–Crippen MR) is 101 cm³/mol. The maximum atomic E-state index is 6.04. The first-order valence-corrected chi connectivity index (χ1v) is 8.55. The van der Waals surface area contributed by atoms with Gasteiger partial charge in [-0.05, 0) is 24.1 Å². The average Bonchev–Trinajstić information content (AvgIpc) is 2.99. The molecule has 8 nitrogen and oxygen atoms in total. The summed E-state index contributed by atoms with van der Waals surface area (Å²) in [6.07, 6.45) is 4.15. The maximum absolute atomic E-state index is 6.04. The molecule has 0 saturated heterocycles. The number of aryl methyl sites for hydroxylation is 1. The molecular formula is C18H24N6O2. The largest absolute Gasteiger partial charge is 0.494 e. The van der Waals surface area contributed by atoms with Crippen LogP contribution in [-0.2, 0) is 13.0 Å². The Morgan fingerprint density at radius 3 is 2.38 bits per heavy atom. The number of hydrogen-bond donors (Lipinski definition) is 2. The highest BCUT2D eigenvalue weighted by Crippen LogP contribution is 2.34. The van der Waals surface area contributed by atoms with Crippen LogP contribution in [0.4, 0.5) is 11.5 Å². The van der Waals surface area contributed by atoms with Gasteiger partial charge in [0.25, 0.3) is 0 Å². The summed E-state index contributed by atoms with van der Waals surface area (Å²) in [6.45, 7) is 2.97. The van der Waals surface area contributed by atoms with Crippen molar-refractivity contribution >= 4 is 22.7 Å². The van der Waals surface area contributed by atoms with E-state index < -0.39 is 0 Å². The van der Waals surface area contributed by atoms with E-state index in [1.54, 1.807) is 14.2 Å². The van der Waals surface area contributed by atoms with Gasteiger partial charge in [-0.2, -0.15) is 0 Å². The summed E-state index contributed by atoms with van der Waals surface area (Å²) in [5, 5.41) is 0. The number of imidazole rings is 1. The number of rotatable bonds is 7. The van der Waals surface area contributed by atoms with Gasteiger partial charge in [0.1, 0.15) is 29.3 Å². The topological polar surface area (TPSA) is 114 Å². The van der Waals surface area contributed by atoms with Gasteiger partial charge >= 0.3 is 0 Å². The van der Waals surface area contributed by atoms with E-state index in [9.17, 15) is 0 Å². The number of nitrogen functional groups attached to an aromatic ring is 2. The highest BCUT2D eigenvalue weighted by Gasteiger charge is 2.17. The maximum Gasteiger partial charge on any atom is 0.165 e. The van der Waals surface area contributed by atoms with Crippen molar-refractivity contribution in [3.8, 4) is 11.5 Å². The van der Waals surface area contributed by atoms with Crippen LogP contribution in [0, 0.1) is 0 Å². The minimum absolute atomic E-state index is 0.388. The number of methoxy groups -OCH3 is 2. The van der Waals surface area contributed by atoms with E-state index in [4.69, 9.17) is 25.9 Å². The molecule has 0 unspecified atom stereocenters. The first-order chi connectivity index (χ1) is 12.6. The van der Waals surface area contributed by atoms with Crippen LogP contribution in [0.5, 0.6) is 11.5 Å². The molecule has 2 heterocycles. The Morgan fingerprint density at radius 2 is 1.77 bits per heavy atom. The monoisotopic (exact) mass is 356 g/mol. The van der Waals surface area contributed by atoms with Crippen molar-refractivity contribution in [2.24, 2.45) is 0 Å². The lowest BCUT2D eigenvalue weighted by Crippen LogP contribution is -2.06. The number of aromatic nitrogens is 4. The second kappa shape index (κ2) is 7.47. The van der Waals surface area contributed by atoms with Crippen LogP contribution in [0.3, 0.4) is 0 Å². The van der Waals surface area contributed by atoms with E-state index in [0.717, 1.165) is 36.4 Å².